The highest BCUT2D eigenvalue weighted by molar-refractivity contribution is 9.09. The minimum atomic E-state index is 0.734. The fourth-order valence-corrected chi connectivity index (χ4v) is 3.65. The first-order chi connectivity index (χ1) is 6.18. The summed E-state index contributed by atoms with van der Waals surface area (Å²) in [4.78, 5) is 2.18. The quantitative estimate of drug-likeness (QED) is 0.658. The highest BCUT2D eigenvalue weighted by Crippen LogP contribution is 2.43. The Bertz CT molecular complexity index is 292. The lowest BCUT2D eigenvalue weighted by Crippen LogP contribution is -2.08. The number of hydrogen-bond donors (Lipinski definition) is 0. The topological polar surface area (TPSA) is 0 Å². The van der Waals surface area contributed by atoms with Gasteiger partial charge in [-0.25, -0.2) is 0 Å². The number of halogens is 1. The zero-order valence-electron chi connectivity index (χ0n) is 8.09. The Kier molecular flexibility index (Phi) is 2.80. The summed E-state index contributed by atoms with van der Waals surface area (Å²) < 4.78 is 0. The summed E-state index contributed by atoms with van der Waals surface area (Å²) in [5.74, 6) is 1.60. The second kappa shape index (κ2) is 3.74. The van der Waals surface area contributed by atoms with E-state index in [-0.39, 0.29) is 0 Å². The summed E-state index contributed by atoms with van der Waals surface area (Å²) in [6.45, 7) is 4.56. The van der Waals surface area contributed by atoms with Crippen molar-refractivity contribution in [1.29, 1.82) is 0 Å². The van der Waals surface area contributed by atoms with Crippen LogP contribution in [0.2, 0.25) is 0 Å². The first-order valence-corrected chi connectivity index (χ1v) is 6.67. The molecule has 1 aromatic heterocycles. The standard InChI is InChI=1S/C11H15BrS/c1-7-5-9(6-13-7)10-3-4-11(12)8(10)2/h5-6,8,10-11H,3-4H2,1-2H3. The van der Waals surface area contributed by atoms with E-state index in [9.17, 15) is 0 Å². The van der Waals surface area contributed by atoms with Crippen LogP contribution in [0.15, 0.2) is 11.4 Å². The van der Waals surface area contributed by atoms with Crippen molar-refractivity contribution in [3.05, 3.63) is 21.9 Å². The molecule has 1 aromatic rings. The summed E-state index contributed by atoms with van der Waals surface area (Å²) in [5, 5.41) is 2.33. The molecule has 1 aliphatic rings. The number of thiophene rings is 1. The van der Waals surface area contributed by atoms with Crippen LogP contribution >= 0.6 is 27.3 Å². The highest BCUT2D eigenvalue weighted by atomic mass is 79.9. The van der Waals surface area contributed by atoms with Gasteiger partial charge in [0.25, 0.3) is 0 Å². The molecular weight excluding hydrogens is 244 g/mol. The van der Waals surface area contributed by atoms with Crippen molar-refractivity contribution in [2.75, 3.05) is 0 Å². The Hall–Kier alpha value is 0.180. The van der Waals surface area contributed by atoms with E-state index in [1.54, 1.807) is 5.56 Å². The van der Waals surface area contributed by atoms with E-state index in [4.69, 9.17) is 0 Å². The molecule has 3 unspecified atom stereocenters. The fraction of sp³-hybridized carbons (Fsp3) is 0.636. The molecule has 3 atom stereocenters. The van der Waals surface area contributed by atoms with E-state index < -0.39 is 0 Å². The lowest BCUT2D eigenvalue weighted by Gasteiger charge is -2.15. The molecule has 0 N–H and O–H groups in total. The van der Waals surface area contributed by atoms with E-state index >= 15 is 0 Å². The second-order valence-corrected chi connectivity index (χ2v) is 6.34. The molecule has 0 bridgehead atoms. The van der Waals surface area contributed by atoms with Crippen molar-refractivity contribution in [3.63, 3.8) is 0 Å². The lowest BCUT2D eigenvalue weighted by atomic mass is 9.92. The van der Waals surface area contributed by atoms with Crippen LogP contribution in [-0.2, 0) is 0 Å². The molecule has 1 saturated carbocycles. The van der Waals surface area contributed by atoms with Crippen molar-refractivity contribution in [1.82, 2.24) is 0 Å². The Morgan fingerprint density at radius 3 is 2.69 bits per heavy atom. The molecule has 0 amide bonds. The van der Waals surface area contributed by atoms with Crippen molar-refractivity contribution in [2.24, 2.45) is 5.92 Å². The maximum Gasteiger partial charge on any atom is 0.0177 e. The molecule has 0 aliphatic heterocycles. The Balaban J connectivity index is 2.18. The number of aryl methyl sites for hydroxylation is 1. The third kappa shape index (κ3) is 1.84. The Labute approximate surface area is 92.5 Å². The third-order valence-electron chi connectivity index (χ3n) is 3.14. The van der Waals surface area contributed by atoms with Gasteiger partial charge in [0.15, 0.2) is 0 Å². The molecule has 2 rings (SSSR count). The average Bonchev–Trinajstić information content (AvgIpc) is 2.62. The van der Waals surface area contributed by atoms with Crippen molar-refractivity contribution < 1.29 is 0 Å². The van der Waals surface area contributed by atoms with E-state index in [2.05, 4.69) is 41.2 Å². The minimum absolute atomic E-state index is 0.734. The average molecular weight is 259 g/mol. The molecular formula is C11H15BrS. The molecule has 1 aliphatic carbocycles. The van der Waals surface area contributed by atoms with Gasteiger partial charge >= 0.3 is 0 Å². The van der Waals surface area contributed by atoms with E-state index in [0.29, 0.717) is 0 Å². The number of rotatable bonds is 1. The van der Waals surface area contributed by atoms with Crippen LogP contribution in [0.25, 0.3) is 0 Å². The zero-order chi connectivity index (χ0) is 9.42. The van der Waals surface area contributed by atoms with Gasteiger partial charge in [0.2, 0.25) is 0 Å². The first-order valence-electron chi connectivity index (χ1n) is 4.87. The maximum absolute atomic E-state index is 3.75. The van der Waals surface area contributed by atoms with Crippen LogP contribution in [0, 0.1) is 12.8 Å². The van der Waals surface area contributed by atoms with E-state index in [1.165, 1.54) is 17.7 Å². The third-order valence-corrected chi connectivity index (χ3v) is 5.31. The van der Waals surface area contributed by atoms with Gasteiger partial charge in [-0.15, -0.1) is 11.3 Å². The van der Waals surface area contributed by atoms with Crippen LogP contribution in [0.1, 0.15) is 36.1 Å². The molecule has 0 aromatic carbocycles. The molecule has 2 heteroatoms. The van der Waals surface area contributed by atoms with Gasteiger partial charge < -0.3 is 0 Å². The smallest absolute Gasteiger partial charge is 0.0177 e. The summed E-state index contributed by atoms with van der Waals surface area (Å²) in [6.07, 6.45) is 2.69. The fourth-order valence-electron chi connectivity index (χ4n) is 2.25. The normalized spacial score (nSPS) is 33.9. The predicted molar refractivity (Wildman–Crippen MR) is 62.9 cm³/mol. The highest BCUT2D eigenvalue weighted by Gasteiger charge is 2.32. The second-order valence-electron chi connectivity index (χ2n) is 4.05. The van der Waals surface area contributed by atoms with Crippen LogP contribution in [0.3, 0.4) is 0 Å². The van der Waals surface area contributed by atoms with E-state index in [0.717, 1.165) is 16.7 Å². The largest absolute Gasteiger partial charge is 0.149 e. The molecule has 0 spiro atoms. The summed E-state index contributed by atoms with van der Waals surface area (Å²) in [6, 6.07) is 2.36. The van der Waals surface area contributed by atoms with Gasteiger partial charge in [-0.05, 0) is 48.6 Å². The van der Waals surface area contributed by atoms with Crippen molar-refractivity contribution in [2.45, 2.75) is 37.4 Å². The van der Waals surface area contributed by atoms with Crippen molar-refractivity contribution in [3.8, 4) is 0 Å². The maximum atomic E-state index is 3.75. The zero-order valence-corrected chi connectivity index (χ0v) is 10.5. The van der Waals surface area contributed by atoms with Crippen LogP contribution in [-0.4, -0.2) is 4.83 Å². The van der Waals surface area contributed by atoms with Crippen LogP contribution in [0.5, 0.6) is 0 Å². The van der Waals surface area contributed by atoms with E-state index in [1.807, 2.05) is 11.3 Å². The summed E-state index contributed by atoms with van der Waals surface area (Å²) in [5.41, 5.74) is 1.57. The molecule has 0 saturated heterocycles. The Morgan fingerprint density at radius 2 is 2.23 bits per heavy atom. The molecule has 13 heavy (non-hydrogen) atoms. The predicted octanol–water partition coefficient (Wildman–Crippen LogP) is 4.33. The molecule has 0 nitrogen and oxygen atoms in total. The molecule has 1 fully saturated rings. The molecule has 72 valence electrons. The van der Waals surface area contributed by atoms with Gasteiger partial charge in [-0.3, -0.25) is 0 Å². The monoisotopic (exact) mass is 258 g/mol. The summed E-state index contributed by atoms with van der Waals surface area (Å²) >= 11 is 5.63. The molecule has 0 radical (unpaired) electrons. The summed E-state index contributed by atoms with van der Waals surface area (Å²) in [7, 11) is 0. The van der Waals surface area contributed by atoms with Gasteiger partial charge in [-0.2, -0.15) is 0 Å². The van der Waals surface area contributed by atoms with Crippen molar-refractivity contribution >= 4 is 27.3 Å². The lowest BCUT2D eigenvalue weighted by molar-refractivity contribution is 0.546. The number of hydrogen-bond acceptors (Lipinski definition) is 1. The van der Waals surface area contributed by atoms with Gasteiger partial charge in [0.1, 0.15) is 0 Å². The molecule has 1 heterocycles. The van der Waals surface area contributed by atoms with Crippen LogP contribution < -0.4 is 0 Å². The van der Waals surface area contributed by atoms with Gasteiger partial charge in [0.05, 0.1) is 0 Å². The van der Waals surface area contributed by atoms with Gasteiger partial charge in [-0.1, -0.05) is 22.9 Å². The number of alkyl halides is 1. The van der Waals surface area contributed by atoms with Crippen LogP contribution in [0.4, 0.5) is 0 Å². The Morgan fingerprint density at radius 1 is 1.46 bits per heavy atom. The SMILES string of the molecule is Cc1cc(C2CCC(Br)C2C)cs1. The minimum Gasteiger partial charge on any atom is -0.149 e. The first kappa shape index (κ1) is 9.72. The van der Waals surface area contributed by atoms with Gasteiger partial charge in [0, 0.05) is 9.70 Å².